The summed E-state index contributed by atoms with van der Waals surface area (Å²) in [6.07, 6.45) is -4.35. The quantitative estimate of drug-likeness (QED) is 0.880. The number of alkyl halides is 3. The smallest absolute Gasteiger partial charge is 0.377 e. The summed E-state index contributed by atoms with van der Waals surface area (Å²) >= 11 is 0. The summed E-state index contributed by atoms with van der Waals surface area (Å²) in [6, 6.07) is 15.7. The summed E-state index contributed by atoms with van der Waals surface area (Å²) in [6.45, 7) is 0. The maximum absolute atomic E-state index is 13.0. The lowest BCUT2D eigenvalue weighted by atomic mass is 10.0. The molecule has 2 nitrogen and oxygen atoms in total. The Morgan fingerprint density at radius 3 is 2.24 bits per heavy atom. The molecule has 2 aromatic carbocycles. The summed E-state index contributed by atoms with van der Waals surface area (Å²) in [5.41, 5.74) is 0.0222. The van der Waals surface area contributed by atoms with Gasteiger partial charge in [0.2, 0.25) is 0 Å². The molecule has 0 aromatic heterocycles. The molecule has 2 aromatic rings. The van der Waals surface area contributed by atoms with Crippen LogP contribution in [0.2, 0.25) is 0 Å². The van der Waals surface area contributed by atoms with Crippen LogP contribution in [0.25, 0.3) is 0 Å². The van der Waals surface area contributed by atoms with Gasteiger partial charge in [0.25, 0.3) is 0 Å². The first-order valence-corrected chi connectivity index (χ1v) is 6.37. The normalized spacial score (nSPS) is 12.5. The van der Waals surface area contributed by atoms with E-state index in [0.717, 1.165) is 11.6 Å². The zero-order chi connectivity index (χ0) is 15.3. The van der Waals surface area contributed by atoms with Crippen molar-refractivity contribution in [2.45, 2.75) is 18.6 Å². The second kappa shape index (κ2) is 6.31. The maximum Gasteiger partial charge on any atom is 0.418 e. The lowest BCUT2D eigenvalue weighted by molar-refractivity contribution is -0.137. The van der Waals surface area contributed by atoms with E-state index >= 15 is 0 Å². The van der Waals surface area contributed by atoms with Gasteiger partial charge in [0, 0.05) is 5.69 Å². The molecule has 0 aliphatic carbocycles. The number of halogens is 3. The molecule has 1 unspecified atom stereocenters. The van der Waals surface area contributed by atoms with Crippen molar-refractivity contribution in [3.05, 3.63) is 65.7 Å². The summed E-state index contributed by atoms with van der Waals surface area (Å²) in [5, 5.41) is 11.7. The Morgan fingerprint density at radius 1 is 1.00 bits per heavy atom. The molecule has 0 saturated carbocycles. The van der Waals surface area contributed by atoms with Crippen molar-refractivity contribution in [3.63, 3.8) is 0 Å². The van der Waals surface area contributed by atoms with Gasteiger partial charge < -0.3 is 5.32 Å². The molecule has 0 amide bonds. The molecule has 108 valence electrons. The van der Waals surface area contributed by atoms with E-state index in [2.05, 4.69) is 5.32 Å². The average Bonchev–Trinajstić information content (AvgIpc) is 2.47. The molecule has 0 radical (unpaired) electrons. The number of benzene rings is 2. The van der Waals surface area contributed by atoms with Crippen LogP contribution in [-0.2, 0) is 6.18 Å². The first kappa shape index (κ1) is 14.9. The van der Waals surface area contributed by atoms with Gasteiger partial charge >= 0.3 is 6.18 Å². The Labute approximate surface area is 120 Å². The van der Waals surface area contributed by atoms with Crippen LogP contribution in [-0.4, -0.2) is 0 Å². The van der Waals surface area contributed by atoms with E-state index in [1.54, 1.807) is 24.3 Å². The van der Waals surface area contributed by atoms with E-state index in [1.165, 1.54) is 18.2 Å². The van der Waals surface area contributed by atoms with Crippen molar-refractivity contribution >= 4 is 5.69 Å². The SMILES string of the molecule is N#CCC(Nc1ccccc1C(F)(F)F)c1ccccc1. The number of hydrogen-bond donors (Lipinski definition) is 1. The molecule has 21 heavy (non-hydrogen) atoms. The molecule has 0 bridgehead atoms. The highest BCUT2D eigenvalue weighted by Crippen LogP contribution is 2.36. The fraction of sp³-hybridized carbons (Fsp3) is 0.188. The Morgan fingerprint density at radius 2 is 1.62 bits per heavy atom. The number of hydrogen-bond acceptors (Lipinski definition) is 2. The highest BCUT2D eigenvalue weighted by atomic mass is 19.4. The largest absolute Gasteiger partial charge is 0.418 e. The Kier molecular flexibility index (Phi) is 4.49. The topological polar surface area (TPSA) is 35.8 Å². The molecule has 0 spiro atoms. The number of rotatable bonds is 4. The summed E-state index contributed by atoms with van der Waals surface area (Å²) in [7, 11) is 0. The highest BCUT2D eigenvalue weighted by molar-refractivity contribution is 5.54. The second-order valence-electron chi connectivity index (χ2n) is 4.51. The lowest BCUT2D eigenvalue weighted by Crippen LogP contribution is -2.15. The van der Waals surface area contributed by atoms with Crippen LogP contribution in [0.4, 0.5) is 18.9 Å². The van der Waals surface area contributed by atoms with Gasteiger partial charge in [-0.25, -0.2) is 0 Å². The van der Waals surface area contributed by atoms with Crippen molar-refractivity contribution in [1.82, 2.24) is 0 Å². The summed E-state index contributed by atoms with van der Waals surface area (Å²) < 4.78 is 38.9. The molecular formula is C16H13F3N2. The number of nitriles is 1. The predicted octanol–water partition coefficient (Wildman–Crippen LogP) is 4.77. The highest BCUT2D eigenvalue weighted by Gasteiger charge is 2.33. The van der Waals surface area contributed by atoms with Crippen LogP contribution in [0.3, 0.4) is 0 Å². The molecular weight excluding hydrogens is 277 g/mol. The number of para-hydroxylation sites is 1. The third-order valence-corrected chi connectivity index (χ3v) is 3.06. The van der Waals surface area contributed by atoms with Gasteiger partial charge in [0.05, 0.1) is 24.1 Å². The first-order valence-electron chi connectivity index (χ1n) is 6.37. The zero-order valence-electron chi connectivity index (χ0n) is 11.1. The minimum absolute atomic E-state index is 0.0193. The molecule has 0 aliphatic rings. The van der Waals surface area contributed by atoms with E-state index in [1.807, 2.05) is 12.1 Å². The Balaban J connectivity index is 2.33. The fourth-order valence-corrected chi connectivity index (χ4v) is 2.07. The van der Waals surface area contributed by atoms with Crippen molar-refractivity contribution < 1.29 is 13.2 Å². The van der Waals surface area contributed by atoms with Crippen molar-refractivity contribution in [1.29, 1.82) is 5.26 Å². The average molecular weight is 290 g/mol. The second-order valence-corrected chi connectivity index (χ2v) is 4.51. The van der Waals surface area contributed by atoms with Crippen LogP contribution < -0.4 is 5.32 Å². The first-order chi connectivity index (χ1) is 10.0. The van der Waals surface area contributed by atoms with Crippen LogP contribution in [0.15, 0.2) is 54.6 Å². The lowest BCUT2D eigenvalue weighted by Gasteiger charge is -2.21. The fourth-order valence-electron chi connectivity index (χ4n) is 2.07. The summed E-state index contributed by atoms with van der Waals surface area (Å²) in [4.78, 5) is 0. The van der Waals surface area contributed by atoms with Gasteiger partial charge in [-0.15, -0.1) is 0 Å². The van der Waals surface area contributed by atoms with Gasteiger partial charge in [-0.05, 0) is 17.7 Å². The van der Waals surface area contributed by atoms with Crippen LogP contribution >= 0.6 is 0 Å². The van der Waals surface area contributed by atoms with E-state index in [9.17, 15) is 13.2 Å². The number of nitrogens with one attached hydrogen (secondary N) is 1. The van der Waals surface area contributed by atoms with E-state index in [4.69, 9.17) is 5.26 Å². The third kappa shape index (κ3) is 3.76. The van der Waals surface area contributed by atoms with Gasteiger partial charge in [0.1, 0.15) is 0 Å². The van der Waals surface area contributed by atoms with E-state index < -0.39 is 17.8 Å². The van der Waals surface area contributed by atoms with E-state index in [0.29, 0.717) is 0 Å². The molecule has 0 saturated heterocycles. The molecule has 1 atom stereocenters. The molecule has 2 rings (SSSR count). The predicted molar refractivity (Wildman–Crippen MR) is 74.5 cm³/mol. The number of anilines is 1. The molecule has 0 aliphatic heterocycles. The molecule has 0 fully saturated rings. The number of nitrogens with zero attached hydrogens (tertiary/aromatic N) is 1. The standard InChI is InChI=1S/C16H13F3N2/c17-16(18,19)13-8-4-5-9-15(13)21-14(10-11-20)12-6-2-1-3-7-12/h1-9,14,21H,10H2. The zero-order valence-corrected chi connectivity index (χ0v) is 11.1. The molecule has 5 heteroatoms. The van der Waals surface area contributed by atoms with Gasteiger partial charge in [-0.1, -0.05) is 42.5 Å². The minimum Gasteiger partial charge on any atom is -0.377 e. The van der Waals surface area contributed by atoms with Gasteiger partial charge in [-0.2, -0.15) is 18.4 Å². The molecule has 1 N–H and O–H groups in total. The van der Waals surface area contributed by atoms with Crippen LogP contribution in [0.1, 0.15) is 23.6 Å². The molecule has 0 heterocycles. The van der Waals surface area contributed by atoms with E-state index in [-0.39, 0.29) is 12.1 Å². The van der Waals surface area contributed by atoms with Gasteiger partial charge in [-0.3, -0.25) is 0 Å². The maximum atomic E-state index is 13.0. The van der Waals surface area contributed by atoms with Crippen LogP contribution in [0, 0.1) is 11.3 Å². The Bertz CT molecular complexity index is 630. The third-order valence-electron chi connectivity index (χ3n) is 3.06. The van der Waals surface area contributed by atoms with Crippen LogP contribution in [0.5, 0.6) is 0 Å². The Hall–Kier alpha value is -2.48. The van der Waals surface area contributed by atoms with Gasteiger partial charge in [0.15, 0.2) is 0 Å². The van der Waals surface area contributed by atoms with Crippen molar-refractivity contribution in [2.24, 2.45) is 0 Å². The van der Waals surface area contributed by atoms with Crippen molar-refractivity contribution in [3.8, 4) is 6.07 Å². The minimum atomic E-state index is -4.43. The van der Waals surface area contributed by atoms with Crippen molar-refractivity contribution in [2.75, 3.05) is 5.32 Å². The monoisotopic (exact) mass is 290 g/mol. The summed E-state index contributed by atoms with van der Waals surface area (Å²) in [5.74, 6) is 0.